The average Bonchev–Trinajstić information content (AvgIpc) is 2.93. The third-order valence-electron chi connectivity index (χ3n) is 3.91. The lowest BCUT2D eigenvalue weighted by molar-refractivity contribution is 0.768. The second-order valence-corrected chi connectivity index (χ2v) is 5.73. The fraction of sp³-hybridized carbons (Fsp3) is 0.167. The van der Waals surface area contributed by atoms with E-state index in [0.717, 1.165) is 33.4 Å². The highest BCUT2D eigenvalue weighted by molar-refractivity contribution is 5.96. The predicted molar refractivity (Wildman–Crippen MR) is 86.8 cm³/mol. The molecule has 4 rings (SSSR count). The molecule has 4 heteroatoms. The maximum Gasteiger partial charge on any atom is 0.148 e. The Bertz CT molecular complexity index is 1070. The van der Waals surface area contributed by atoms with Crippen molar-refractivity contribution in [2.24, 2.45) is 0 Å². The molecule has 2 heterocycles. The molecule has 0 saturated carbocycles. The summed E-state index contributed by atoms with van der Waals surface area (Å²) in [5.41, 5.74) is 4.38. The van der Waals surface area contributed by atoms with Gasteiger partial charge in [0, 0.05) is 11.3 Å². The Kier molecular flexibility index (Phi) is 2.64. The molecule has 0 amide bonds. The van der Waals surface area contributed by atoms with Gasteiger partial charge in [0.25, 0.3) is 0 Å². The van der Waals surface area contributed by atoms with E-state index in [2.05, 4.69) is 30.4 Å². The standard InChI is InChI=1S/C18H14N4/c1-11(2)17-21-15-9-12(10-19)7-8-13(15)18-20-14-5-3-4-6-16(14)22(17)18/h3-9,11H,1-2H3. The number of nitrogens with zero attached hydrogens (tertiary/aromatic N) is 4. The summed E-state index contributed by atoms with van der Waals surface area (Å²) in [4.78, 5) is 9.59. The number of rotatable bonds is 1. The SMILES string of the molecule is CC(C)c1nc2cc(C#N)ccc2c2nc3ccccc3n12. The quantitative estimate of drug-likeness (QED) is 0.531. The second-order valence-electron chi connectivity index (χ2n) is 5.73. The number of aromatic nitrogens is 3. The smallest absolute Gasteiger partial charge is 0.148 e. The Labute approximate surface area is 127 Å². The van der Waals surface area contributed by atoms with Crippen LogP contribution < -0.4 is 0 Å². The lowest BCUT2D eigenvalue weighted by Gasteiger charge is -2.11. The molecule has 0 atom stereocenters. The van der Waals surface area contributed by atoms with Crippen LogP contribution in [0.3, 0.4) is 0 Å². The van der Waals surface area contributed by atoms with Crippen molar-refractivity contribution in [1.29, 1.82) is 5.26 Å². The summed E-state index contributed by atoms with van der Waals surface area (Å²) < 4.78 is 2.13. The van der Waals surface area contributed by atoms with E-state index in [1.165, 1.54) is 0 Å². The molecule has 2 aromatic heterocycles. The molecule has 0 bridgehead atoms. The van der Waals surface area contributed by atoms with Gasteiger partial charge in [-0.15, -0.1) is 0 Å². The summed E-state index contributed by atoms with van der Waals surface area (Å²) in [6, 6.07) is 15.9. The summed E-state index contributed by atoms with van der Waals surface area (Å²) in [5.74, 6) is 1.22. The largest absolute Gasteiger partial charge is 0.280 e. The minimum atomic E-state index is 0.259. The van der Waals surface area contributed by atoms with Crippen LogP contribution in [-0.2, 0) is 0 Å². The van der Waals surface area contributed by atoms with E-state index in [9.17, 15) is 0 Å². The molecule has 0 aliphatic rings. The molecule has 4 aromatic rings. The van der Waals surface area contributed by atoms with E-state index in [1.54, 1.807) is 0 Å². The van der Waals surface area contributed by atoms with Crippen LogP contribution in [0.5, 0.6) is 0 Å². The first-order valence-electron chi connectivity index (χ1n) is 7.30. The van der Waals surface area contributed by atoms with Gasteiger partial charge in [-0.2, -0.15) is 5.26 Å². The average molecular weight is 286 g/mol. The van der Waals surface area contributed by atoms with Crippen LogP contribution in [0.2, 0.25) is 0 Å². The van der Waals surface area contributed by atoms with E-state index in [1.807, 2.05) is 36.4 Å². The number of hydrogen-bond acceptors (Lipinski definition) is 3. The Morgan fingerprint density at radius 3 is 2.64 bits per heavy atom. The summed E-state index contributed by atoms with van der Waals surface area (Å²) in [6.45, 7) is 4.24. The molecule has 106 valence electrons. The van der Waals surface area contributed by atoms with Gasteiger partial charge >= 0.3 is 0 Å². The molecule has 0 aliphatic heterocycles. The Morgan fingerprint density at radius 1 is 1.05 bits per heavy atom. The number of hydrogen-bond donors (Lipinski definition) is 0. The first-order chi connectivity index (χ1) is 10.7. The fourth-order valence-corrected chi connectivity index (χ4v) is 2.88. The Balaban J connectivity index is 2.27. The molecule has 0 fully saturated rings. The molecule has 2 aromatic carbocycles. The Morgan fingerprint density at radius 2 is 1.86 bits per heavy atom. The lowest BCUT2D eigenvalue weighted by atomic mass is 10.1. The topological polar surface area (TPSA) is 54.0 Å². The molecular formula is C18H14N4. The van der Waals surface area contributed by atoms with Crippen molar-refractivity contribution in [2.75, 3.05) is 0 Å². The number of para-hydroxylation sites is 2. The minimum Gasteiger partial charge on any atom is -0.280 e. The highest BCUT2D eigenvalue weighted by Crippen LogP contribution is 2.27. The highest BCUT2D eigenvalue weighted by atomic mass is 15.1. The van der Waals surface area contributed by atoms with Crippen molar-refractivity contribution in [2.45, 2.75) is 19.8 Å². The normalized spacial score (nSPS) is 11.5. The maximum atomic E-state index is 9.10. The zero-order chi connectivity index (χ0) is 15.3. The molecule has 0 saturated heterocycles. The summed E-state index contributed by atoms with van der Waals surface area (Å²) in [7, 11) is 0. The Hall–Kier alpha value is -2.93. The minimum absolute atomic E-state index is 0.259. The molecule has 0 aliphatic carbocycles. The predicted octanol–water partition coefficient (Wildman–Crippen LogP) is 4.03. The van der Waals surface area contributed by atoms with E-state index in [4.69, 9.17) is 15.2 Å². The first kappa shape index (κ1) is 12.8. The van der Waals surface area contributed by atoms with Crippen LogP contribution in [0, 0.1) is 11.3 Å². The molecule has 0 unspecified atom stereocenters. The molecule has 4 nitrogen and oxygen atoms in total. The summed E-state index contributed by atoms with van der Waals surface area (Å²) in [6.07, 6.45) is 0. The molecule has 22 heavy (non-hydrogen) atoms. The van der Waals surface area contributed by atoms with Crippen LogP contribution in [0.1, 0.15) is 31.2 Å². The van der Waals surface area contributed by atoms with E-state index >= 15 is 0 Å². The van der Waals surface area contributed by atoms with Crippen LogP contribution in [-0.4, -0.2) is 14.4 Å². The van der Waals surface area contributed by atoms with Crippen molar-refractivity contribution in [3.63, 3.8) is 0 Å². The monoisotopic (exact) mass is 286 g/mol. The number of imidazole rings is 1. The van der Waals surface area contributed by atoms with E-state index < -0.39 is 0 Å². The van der Waals surface area contributed by atoms with Crippen molar-refractivity contribution >= 4 is 27.6 Å². The second kappa shape index (κ2) is 4.54. The molecule has 0 N–H and O–H groups in total. The fourth-order valence-electron chi connectivity index (χ4n) is 2.88. The number of nitriles is 1. The van der Waals surface area contributed by atoms with Crippen molar-refractivity contribution in [1.82, 2.24) is 14.4 Å². The van der Waals surface area contributed by atoms with Crippen molar-refractivity contribution in [3.8, 4) is 6.07 Å². The van der Waals surface area contributed by atoms with Gasteiger partial charge in [0.2, 0.25) is 0 Å². The van der Waals surface area contributed by atoms with E-state index in [0.29, 0.717) is 5.56 Å². The van der Waals surface area contributed by atoms with Crippen LogP contribution in [0.15, 0.2) is 42.5 Å². The summed E-state index contributed by atoms with van der Waals surface area (Å²) >= 11 is 0. The van der Waals surface area contributed by atoms with Crippen LogP contribution in [0.4, 0.5) is 0 Å². The van der Waals surface area contributed by atoms with Crippen molar-refractivity contribution < 1.29 is 0 Å². The van der Waals surface area contributed by atoms with Gasteiger partial charge in [-0.3, -0.25) is 4.40 Å². The molecule has 0 spiro atoms. The zero-order valence-electron chi connectivity index (χ0n) is 12.4. The van der Waals surface area contributed by atoms with Gasteiger partial charge in [-0.1, -0.05) is 26.0 Å². The van der Waals surface area contributed by atoms with Gasteiger partial charge in [0.05, 0.1) is 28.2 Å². The van der Waals surface area contributed by atoms with Gasteiger partial charge in [-0.05, 0) is 30.3 Å². The van der Waals surface area contributed by atoms with Crippen LogP contribution in [0.25, 0.3) is 27.6 Å². The van der Waals surface area contributed by atoms with Gasteiger partial charge < -0.3 is 0 Å². The van der Waals surface area contributed by atoms with Gasteiger partial charge in [0.1, 0.15) is 11.5 Å². The van der Waals surface area contributed by atoms with Crippen molar-refractivity contribution in [3.05, 3.63) is 53.9 Å². The molecule has 0 radical (unpaired) electrons. The first-order valence-corrected chi connectivity index (χ1v) is 7.30. The maximum absolute atomic E-state index is 9.10. The lowest BCUT2D eigenvalue weighted by Crippen LogP contribution is -2.04. The number of benzene rings is 2. The van der Waals surface area contributed by atoms with Crippen LogP contribution >= 0.6 is 0 Å². The third-order valence-corrected chi connectivity index (χ3v) is 3.91. The highest BCUT2D eigenvalue weighted by Gasteiger charge is 2.15. The van der Waals surface area contributed by atoms with Gasteiger partial charge in [-0.25, -0.2) is 9.97 Å². The zero-order valence-corrected chi connectivity index (χ0v) is 12.4. The number of fused-ring (bicyclic) bond motifs is 5. The molecular weight excluding hydrogens is 272 g/mol. The summed E-state index contributed by atoms with van der Waals surface area (Å²) in [5, 5.41) is 10.1. The third kappa shape index (κ3) is 1.69. The van der Waals surface area contributed by atoms with Gasteiger partial charge in [0.15, 0.2) is 0 Å². The van der Waals surface area contributed by atoms with E-state index in [-0.39, 0.29) is 5.92 Å².